The van der Waals surface area contributed by atoms with Crippen LogP contribution in [-0.2, 0) is 25.5 Å². The lowest BCUT2D eigenvalue weighted by Crippen LogP contribution is -2.34. The Morgan fingerprint density at radius 3 is 2.30 bits per heavy atom. The smallest absolute Gasteiger partial charge is 0.336 e. The maximum Gasteiger partial charge on any atom is 0.336 e. The first-order valence-electron chi connectivity index (χ1n) is 14.8. The average Bonchev–Trinajstić information content (AvgIpc) is 3.60. The summed E-state index contributed by atoms with van der Waals surface area (Å²) in [5, 5.41) is 3.37. The van der Waals surface area contributed by atoms with Crippen molar-refractivity contribution in [2.75, 3.05) is 13.2 Å². The molecular weight excluding hydrogens is 550 g/mol. The van der Waals surface area contributed by atoms with Gasteiger partial charge in [-0.1, -0.05) is 72.5 Å². The Kier molecular flexibility index (Phi) is 10.1. The number of carbonyl (C=O) groups excluding carboxylic acids is 2. The van der Waals surface area contributed by atoms with Crippen molar-refractivity contribution in [3.05, 3.63) is 137 Å². The third kappa shape index (κ3) is 7.34. The molecule has 0 saturated carbocycles. The molecule has 0 amide bonds. The molecule has 0 saturated heterocycles. The maximum absolute atomic E-state index is 13.7. The van der Waals surface area contributed by atoms with Crippen molar-refractivity contribution in [3.8, 4) is 17.5 Å². The summed E-state index contributed by atoms with van der Waals surface area (Å²) < 4.78 is 13.2. The molecule has 1 N–H and O–H groups in total. The summed E-state index contributed by atoms with van der Waals surface area (Å²) in [4.78, 5) is 31.4. The number of aryl methyl sites for hydroxylation is 1. The van der Waals surface area contributed by atoms with Crippen molar-refractivity contribution in [1.82, 2.24) is 14.9 Å². The SMILES string of the molecule is CCOC(=O)C1=C(c2ccc(-n3ccnc3)cc2)NC(C)=C(C(=O)OCCC#Cc2ccccc2)C1CCc1ccccc1. The Hall–Kier alpha value is -5.35. The zero-order valence-corrected chi connectivity index (χ0v) is 25.0. The number of imidazole rings is 1. The van der Waals surface area contributed by atoms with E-state index in [1.165, 1.54) is 0 Å². The first-order chi connectivity index (χ1) is 21.5. The lowest BCUT2D eigenvalue weighted by Gasteiger charge is -2.31. The summed E-state index contributed by atoms with van der Waals surface area (Å²) in [6, 6.07) is 27.5. The van der Waals surface area contributed by atoms with E-state index in [0.29, 0.717) is 41.8 Å². The van der Waals surface area contributed by atoms with Crippen LogP contribution >= 0.6 is 0 Å². The molecule has 0 fully saturated rings. The van der Waals surface area contributed by atoms with Crippen LogP contribution in [0.5, 0.6) is 0 Å². The average molecular weight is 586 g/mol. The minimum atomic E-state index is -0.540. The molecule has 2 heterocycles. The highest BCUT2D eigenvalue weighted by molar-refractivity contribution is 6.03. The van der Waals surface area contributed by atoms with Crippen LogP contribution in [0.3, 0.4) is 0 Å². The Morgan fingerprint density at radius 1 is 0.909 bits per heavy atom. The third-order valence-electron chi connectivity index (χ3n) is 7.39. The van der Waals surface area contributed by atoms with E-state index in [2.05, 4.69) is 22.1 Å². The van der Waals surface area contributed by atoms with E-state index in [-0.39, 0.29) is 13.2 Å². The van der Waals surface area contributed by atoms with E-state index in [4.69, 9.17) is 9.47 Å². The third-order valence-corrected chi connectivity index (χ3v) is 7.39. The molecule has 3 aromatic carbocycles. The molecule has 1 aromatic heterocycles. The summed E-state index contributed by atoms with van der Waals surface area (Å²) in [5.74, 6) is 4.69. The number of benzene rings is 3. The molecule has 1 atom stereocenters. The van der Waals surface area contributed by atoms with Crippen molar-refractivity contribution in [2.45, 2.75) is 33.1 Å². The highest BCUT2D eigenvalue weighted by Gasteiger charge is 2.38. The molecule has 0 spiro atoms. The van der Waals surface area contributed by atoms with Gasteiger partial charge in [0.1, 0.15) is 6.61 Å². The van der Waals surface area contributed by atoms with Gasteiger partial charge < -0.3 is 19.4 Å². The van der Waals surface area contributed by atoms with Crippen molar-refractivity contribution in [1.29, 1.82) is 0 Å². The number of ether oxygens (including phenoxy) is 2. The fourth-order valence-corrected chi connectivity index (χ4v) is 5.29. The molecule has 0 bridgehead atoms. The number of dihydropyridines is 1. The van der Waals surface area contributed by atoms with Gasteiger partial charge in [0.05, 0.1) is 29.8 Å². The summed E-state index contributed by atoms with van der Waals surface area (Å²) in [6.45, 7) is 3.98. The molecule has 222 valence electrons. The molecule has 5 rings (SSSR count). The van der Waals surface area contributed by atoms with Gasteiger partial charge in [-0.2, -0.15) is 0 Å². The van der Waals surface area contributed by atoms with Gasteiger partial charge >= 0.3 is 11.9 Å². The number of hydrogen-bond donors (Lipinski definition) is 1. The summed E-state index contributed by atoms with van der Waals surface area (Å²) in [5.41, 5.74) is 5.88. The molecule has 1 aliphatic heterocycles. The van der Waals surface area contributed by atoms with Crippen LogP contribution in [0, 0.1) is 17.8 Å². The predicted octanol–water partition coefficient (Wildman–Crippen LogP) is 6.26. The topological polar surface area (TPSA) is 82.5 Å². The number of hydrogen-bond acceptors (Lipinski definition) is 6. The second-order valence-corrected chi connectivity index (χ2v) is 10.3. The Labute approximate surface area is 258 Å². The van der Waals surface area contributed by atoms with Crippen LogP contribution in [0.2, 0.25) is 0 Å². The highest BCUT2D eigenvalue weighted by Crippen LogP contribution is 2.38. The highest BCUT2D eigenvalue weighted by atomic mass is 16.5. The van der Waals surface area contributed by atoms with Crippen LogP contribution in [0.4, 0.5) is 0 Å². The number of rotatable bonds is 10. The molecule has 0 aliphatic carbocycles. The Morgan fingerprint density at radius 2 is 1.61 bits per heavy atom. The van der Waals surface area contributed by atoms with Gasteiger partial charge in [-0.05, 0) is 62.1 Å². The maximum atomic E-state index is 13.7. The van der Waals surface area contributed by atoms with Crippen LogP contribution in [-0.4, -0.2) is 34.7 Å². The minimum Gasteiger partial charge on any atom is -0.463 e. The van der Waals surface area contributed by atoms with Gasteiger partial charge in [0.2, 0.25) is 0 Å². The normalized spacial score (nSPS) is 14.4. The van der Waals surface area contributed by atoms with E-state index in [1.807, 2.05) is 103 Å². The Balaban J connectivity index is 1.45. The number of carbonyl (C=O) groups is 2. The van der Waals surface area contributed by atoms with Crippen LogP contribution in [0.25, 0.3) is 11.4 Å². The van der Waals surface area contributed by atoms with Crippen LogP contribution < -0.4 is 5.32 Å². The first-order valence-corrected chi connectivity index (χ1v) is 14.8. The van der Waals surface area contributed by atoms with Crippen molar-refractivity contribution in [3.63, 3.8) is 0 Å². The monoisotopic (exact) mass is 585 g/mol. The number of nitrogens with one attached hydrogen (secondary N) is 1. The number of esters is 2. The fraction of sp³-hybridized carbons (Fsp3) is 0.216. The summed E-state index contributed by atoms with van der Waals surface area (Å²) in [6.07, 6.45) is 6.90. The van der Waals surface area contributed by atoms with Crippen molar-refractivity contribution in [2.24, 2.45) is 5.92 Å². The second kappa shape index (κ2) is 14.7. The molecule has 4 aromatic rings. The zero-order valence-electron chi connectivity index (χ0n) is 25.0. The summed E-state index contributed by atoms with van der Waals surface area (Å²) in [7, 11) is 0. The molecule has 7 heteroatoms. The lowest BCUT2D eigenvalue weighted by molar-refractivity contribution is -0.140. The van der Waals surface area contributed by atoms with Crippen molar-refractivity contribution < 1.29 is 19.1 Å². The van der Waals surface area contributed by atoms with E-state index in [1.54, 1.807) is 19.4 Å². The van der Waals surface area contributed by atoms with Gasteiger partial charge in [0, 0.05) is 41.7 Å². The van der Waals surface area contributed by atoms with Gasteiger partial charge in [-0.3, -0.25) is 0 Å². The predicted molar refractivity (Wildman–Crippen MR) is 170 cm³/mol. The number of aromatic nitrogens is 2. The van der Waals surface area contributed by atoms with Gasteiger partial charge in [0.15, 0.2) is 0 Å². The molecule has 7 nitrogen and oxygen atoms in total. The Bertz CT molecular complexity index is 1700. The van der Waals surface area contributed by atoms with E-state index in [0.717, 1.165) is 22.4 Å². The molecule has 1 aliphatic rings. The molecule has 1 unspecified atom stereocenters. The van der Waals surface area contributed by atoms with Crippen molar-refractivity contribution >= 4 is 17.6 Å². The molecule has 44 heavy (non-hydrogen) atoms. The number of allylic oxidation sites excluding steroid dienone is 1. The minimum absolute atomic E-state index is 0.141. The van der Waals surface area contributed by atoms with Gasteiger partial charge in [-0.25, -0.2) is 14.6 Å². The second-order valence-electron chi connectivity index (χ2n) is 10.3. The quantitative estimate of drug-likeness (QED) is 0.134. The largest absolute Gasteiger partial charge is 0.463 e. The van der Waals surface area contributed by atoms with Gasteiger partial charge in [-0.15, -0.1) is 0 Å². The zero-order chi connectivity index (χ0) is 30.7. The lowest BCUT2D eigenvalue weighted by atomic mass is 9.80. The van der Waals surface area contributed by atoms with Crippen LogP contribution in [0.1, 0.15) is 43.4 Å². The molecule has 0 radical (unpaired) electrons. The summed E-state index contributed by atoms with van der Waals surface area (Å²) >= 11 is 0. The van der Waals surface area contributed by atoms with Crippen LogP contribution in [0.15, 0.2) is 120 Å². The standard InChI is InChI=1S/C37H35N3O4/c1-3-43-37(42)34-32(22-17-29-14-8-5-9-15-29)33(36(41)44-25-11-10-16-28-12-6-4-7-13-28)27(2)39-35(34)30-18-20-31(21-19-30)40-24-23-38-26-40/h4-9,12-15,18-21,23-24,26,32,39H,3,11,17,22,25H2,1-2H3. The van der Waals surface area contributed by atoms with E-state index >= 15 is 0 Å². The fourth-order valence-electron chi connectivity index (χ4n) is 5.29. The molecular formula is C37H35N3O4. The van der Waals surface area contributed by atoms with E-state index < -0.39 is 17.9 Å². The first kappa shape index (κ1) is 30.1. The number of nitrogens with zero attached hydrogens (tertiary/aromatic N) is 2. The van der Waals surface area contributed by atoms with E-state index in [9.17, 15) is 9.59 Å². The van der Waals surface area contributed by atoms with Gasteiger partial charge in [0.25, 0.3) is 0 Å².